The van der Waals surface area contributed by atoms with Crippen LogP contribution in [0, 0.1) is 17.2 Å². The molecule has 160 valence electrons. The molecule has 4 aromatic rings. The van der Waals surface area contributed by atoms with Crippen molar-refractivity contribution in [1.82, 2.24) is 14.7 Å². The van der Waals surface area contributed by atoms with Crippen LogP contribution in [0.25, 0.3) is 22.3 Å². The van der Waals surface area contributed by atoms with Gasteiger partial charge in [0.2, 0.25) is 0 Å². The van der Waals surface area contributed by atoms with Crippen molar-refractivity contribution in [2.75, 3.05) is 11.9 Å². The van der Waals surface area contributed by atoms with Crippen LogP contribution in [0.5, 0.6) is 5.75 Å². The second-order valence-corrected chi connectivity index (χ2v) is 7.81. The van der Waals surface area contributed by atoms with E-state index < -0.39 is 5.76 Å². The van der Waals surface area contributed by atoms with Crippen LogP contribution in [0.1, 0.15) is 28.9 Å². The molecule has 1 fully saturated rings. The number of ether oxygens (including phenoxy) is 1. The van der Waals surface area contributed by atoms with Crippen LogP contribution in [0.4, 0.5) is 5.69 Å². The smallest absolute Gasteiger partial charge is 0.439 e. The van der Waals surface area contributed by atoms with Crippen LogP contribution in [0.3, 0.4) is 0 Å². The third-order valence-electron chi connectivity index (χ3n) is 5.52. The quantitative estimate of drug-likeness (QED) is 0.484. The van der Waals surface area contributed by atoms with Crippen molar-refractivity contribution < 1.29 is 14.1 Å². The Balaban J connectivity index is 1.49. The Morgan fingerprint density at radius 2 is 2.19 bits per heavy atom. The maximum atomic E-state index is 13.2. The molecule has 2 aromatic carbocycles. The number of benzene rings is 2. The van der Waals surface area contributed by atoms with Crippen LogP contribution in [0.2, 0.25) is 0 Å². The molecule has 1 saturated carbocycles. The average molecular weight is 429 g/mol. The number of para-hydroxylation sites is 1. The van der Waals surface area contributed by atoms with Crippen molar-refractivity contribution in [2.45, 2.75) is 12.8 Å². The third-order valence-corrected chi connectivity index (χ3v) is 5.52. The largest absolute Gasteiger partial charge is 0.491 e. The molecule has 1 aliphatic rings. The zero-order valence-corrected chi connectivity index (χ0v) is 17.2. The predicted octanol–water partition coefficient (Wildman–Crippen LogP) is 3.43. The van der Waals surface area contributed by atoms with Crippen molar-refractivity contribution in [2.24, 2.45) is 13.0 Å². The summed E-state index contributed by atoms with van der Waals surface area (Å²) >= 11 is 0. The van der Waals surface area contributed by atoms with E-state index in [0.717, 1.165) is 16.7 Å². The first-order chi connectivity index (χ1) is 15.5. The molecule has 9 nitrogen and oxygen atoms in total. The molecule has 9 heteroatoms. The minimum Gasteiger partial charge on any atom is -0.491 e. The van der Waals surface area contributed by atoms with E-state index in [0.29, 0.717) is 35.0 Å². The number of H-pyrrole nitrogens is 1. The number of rotatable bonds is 6. The van der Waals surface area contributed by atoms with Gasteiger partial charge in [-0.05, 0) is 49.1 Å². The van der Waals surface area contributed by atoms with Crippen LogP contribution in [-0.2, 0) is 7.05 Å². The number of amides is 1. The summed E-state index contributed by atoms with van der Waals surface area (Å²) in [7, 11) is 1.82. The Morgan fingerprint density at radius 3 is 2.91 bits per heavy atom. The predicted molar refractivity (Wildman–Crippen MR) is 116 cm³/mol. The number of aromatic nitrogens is 3. The summed E-state index contributed by atoms with van der Waals surface area (Å²) in [4.78, 5) is 27.0. The molecule has 0 bridgehead atoms. The summed E-state index contributed by atoms with van der Waals surface area (Å²) in [6.45, 7) is 0.677. The Labute approximate surface area is 182 Å². The number of aryl methyl sites for hydroxylation is 1. The second kappa shape index (κ2) is 7.74. The highest BCUT2D eigenvalue weighted by Gasteiger charge is 2.23. The van der Waals surface area contributed by atoms with Gasteiger partial charge in [-0.2, -0.15) is 5.26 Å². The maximum absolute atomic E-state index is 13.2. The lowest BCUT2D eigenvalue weighted by atomic mass is 10.1. The first kappa shape index (κ1) is 19.6. The highest BCUT2D eigenvalue weighted by Crippen LogP contribution is 2.33. The standard InChI is InChI=1S/C23H19N5O4/c1-28-18(10-15-3-2-4-19(20(15)28)31-12-13-5-6-13)22(29)25-17-8-7-14(11-24)9-16(17)21-26-23(30)32-27-21/h2-4,7-10,13H,5-6,12H2,1H3,(H,25,29)(H,26,27,30). The topological polar surface area (TPSA) is 126 Å². The van der Waals surface area contributed by atoms with Gasteiger partial charge >= 0.3 is 5.76 Å². The van der Waals surface area contributed by atoms with E-state index in [1.54, 1.807) is 22.8 Å². The monoisotopic (exact) mass is 429 g/mol. The van der Waals surface area contributed by atoms with Gasteiger partial charge in [0, 0.05) is 18.0 Å². The lowest BCUT2D eigenvalue weighted by molar-refractivity contribution is 0.102. The molecule has 0 aliphatic heterocycles. The van der Waals surface area contributed by atoms with E-state index in [4.69, 9.17) is 4.74 Å². The molecule has 0 unspecified atom stereocenters. The molecule has 2 aromatic heterocycles. The Morgan fingerprint density at radius 1 is 1.34 bits per heavy atom. The molecule has 1 amide bonds. The van der Waals surface area contributed by atoms with Gasteiger partial charge in [-0.1, -0.05) is 17.3 Å². The van der Waals surface area contributed by atoms with Crippen molar-refractivity contribution in [1.29, 1.82) is 5.26 Å². The molecule has 2 heterocycles. The SMILES string of the molecule is Cn1c(C(=O)Nc2ccc(C#N)cc2-c2noc(=O)[nH]2)cc2cccc(OCC3CC3)c21. The number of nitrogens with one attached hydrogen (secondary N) is 2. The fourth-order valence-electron chi connectivity index (χ4n) is 3.66. The number of hydrogen-bond acceptors (Lipinski definition) is 6. The molecular weight excluding hydrogens is 410 g/mol. The van der Waals surface area contributed by atoms with Gasteiger partial charge in [-0.15, -0.1) is 0 Å². The Bertz CT molecular complexity index is 1430. The van der Waals surface area contributed by atoms with Crippen molar-refractivity contribution in [3.63, 3.8) is 0 Å². The minimum absolute atomic E-state index is 0.121. The first-order valence-corrected chi connectivity index (χ1v) is 10.2. The zero-order valence-electron chi connectivity index (χ0n) is 17.2. The van der Waals surface area contributed by atoms with Crippen molar-refractivity contribution >= 4 is 22.5 Å². The Kier molecular flexibility index (Phi) is 4.75. The molecule has 0 atom stereocenters. The van der Waals surface area contributed by atoms with Crippen molar-refractivity contribution in [3.05, 3.63) is 64.3 Å². The van der Waals surface area contributed by atoms with Crippen molar-refractivity contribution in [3.8, 4) is 23.2 Å². The number of nitriles is 1. The molecule has 0 saturated heterocycles. The van der Waals surface area contributed by atoms with E-state index in [2.05, 4.69) is 20.0 Å². The highest BCUT2D eigenvalue weighted by molar-refractivity contribution is 6.08. The number of hydrogen-bond donors (Lipinski definition) is 2. The van der Waals surface area contributed by atoms with Gasteiger partial charge in [0.25, 0.3) is 5.91 Å². The highest BCUT2D eigenvalue weighted by atomic mass is 16.5. The minimum atomic E-state index is -0.730. The van der Waals surface area contributed by atoms with Gasteiger partial charge in [-0.25, -0.2) is 4.79 Å². The van der Waals surface area contributed by atoms with Crippen LogP contribution in [-0.4, -0.2) is 27.2 Å². The van der Waals surface area contributed by atoms with E-state index in [1.807, 2.05) is 31.3 Å². The lowest BCUT2D eigenvalue weighted by Gasteiger charge is -2.11. The molecular formula is C23H19N5O4. The number of carbonyl (C=O) groups is 1. The van der Waals surface area contributed by atoms with E-state index in [9.17, 15) is 14.9 Å². The summed E-state index contributed by atoms with van der Waals surface area (Å²) in [5.74, 6) is 0.400. The molecule has 0 spiro atoms. The average Bonchev–Trinajstić information content (AvgIpc) is 3.43. The normalized spacial score (nSPS) is 13.1. The van der Waals surface area contributed by atoms with E-state index in [-0.39, 0.29) is 11.7 Å². The van der Waals surface area contributed by atoms with Gasteiger partial charge in [-0.3, -0.25) is 14.3 Å². The van der Waals surface area contributed by atoms with E-state index >= 15 is 0 Å². The molecule has 0 radical (unpaired) electrons. The number of carbonyl (C=O) groups excluding carboxylic acids is 1. The molecule has 2 N–H and O–H groups in total. The molecule has 32 heavy (non-hydrogen) atoms. The van der Waals surface area contributed by atoms with Gasteiger partial charge in [0.05, 0.1) is 29.4 Å². The number of fused-ring (bicyclic) bond motifs is 1. The zero-order chi connectivity index (χ0) is 22.2. The van der Waals surface area contributed by atoms with Gasteiger partial charge < -0.3 is 14.6 Å². The molecule has 5 rings (SSSR count). The van der Waals surface area contributed by atoms with Gasteiger partial charge in [0.1, 0.15) is 11.4 Å². The van der Waals surface area contributed by atoms with Crippen LogP contribution < -0.4 is 15.8 Å². The fourth-order valence-corrected chi connectivity index (χ4v) is 3.66. The summed E-state index contributed by atoms with van der Waals surface area (Å²) in [6.07, 6.45) is 2.39. The third kappa shape index (κ3) is 3.63. The van der Waals surface area contributed by atoms with Gasteiger partial charge in [0.15, 0.2) is 5.82 Å². The summed E-state index contributed by atoms with van der Waals surface area (Å²) in [5.41, 5.74) is 2.39. The summed E-state index contributed by atoms with van der Waals surface area (Å²) < 4.78 is 12.4. The maximum Gasteiger partial charge on any atom is 0.439 e. The van der Waals surface area contributed by atoms with E-state index in [1.165, 1.54) is 18.9 Å². The number of nitrogens with zero attached hydrogens (tertiary/aromatic N) is 3. The Hall–Kier alpha value is -4.32. The van der Waals surface area contributed by atoms with Crippen LogP contribution in [0.15, 0.2) is 51.8 Å². The van der Waals surface area contributed by atoms with Crippen LogP contribution >= 0.6 is 0 Å². The lowest BCUT2D eigenvalue weighted by Crippen LogP contribution is -2.16. The summed E-state index contributed by atoms with van der Waals surface area (Å²) in [5, 5.41) is 16.7. The fraction of sp³-hybridized carbons (Fsp3) is 0.217. The molecule has 1 aliphatic carbocycles. The second-order valence-electron chi connectivity index (χ2n) is 7.81. The number of anilines is 1. The summed E-state index contributed by atoms with van der Waals surface area (Å²) in [6, 6.07) is 14.3. The first-order valence-electron chi connectivity index (χ1n) is 10.2. The number of aromatic amines is 1.